The number of benzene rings is 2. The molecule has 21 heavy (non-hydrogen) atoms. The molecule has 0 fully saturated rings. The van der Waals surface area contributed by atoms with Crippen LogP contribution in [0.25, 0.3) is 11.1 Å². The van der Waals surface area contributed by atoms with E-state index in [9.17, 15) is 9.18 Å². The highest BCUT2D eigenvalue weighted by molar-refractivity contribution is 5.74. The third kappa shape index (κ3) is 3.40. The fourth-order valence-electron chi connectivity index (χ4n) is 2.28. The molecule has 2 rings (SSSR count). The standard InChI is InChI=1S/C17H18FNO2/c1-11(19-12(2)20)13-7-9-14(10-8-13)17-15(18)5-4-6-16(17)21-3/h4-11H,1-3H3,(H,19,20). The highest BCUT2D eigenvalue weighted by Crippen LogP contribution is 2.32. The molecule has 110 valence electrons. The van der Waals surface area contributed by atoms with E-state index in [2.05, 4.69) is 5.32 Å². The largest absolute Gasteiger partial charge is 0.496 e. The van der Waals surface area contributed by atoms with Gasteiger partial charge in [-0.3, -0.25) is 4.79 Å². The Morgan fingerprint density at radius 3 is 2.43 bits per heavy atom. The third-order valence-corrected chi connectivity index (χ3v) is 3.31. The number of nitrogens with one attached hydrogen (secondary N) is 1. The van der Waals surface area contributed by atoms with Gasteiger partial charge in [-0.2, -0.15) is 0 Å². The quantitative estimate of drug-likeness (QED) is 0.931. The predicted octanol–water partition coefficient (Wildman–Crippen LogP) is 3.70. The second-order valence-corrected chi connectivity index (χ2v) is 4.86. The summed E-state index contributed by atoms with van der Waals surface area (Å²) < 4.78 is 19.2. The monoisotopic (exact) mass is 287 g/mol. The van der Waals surface area contributed by atoms with Crippen LogP contribution < -0.4 is 10.1 Å². The summed E-state index contributed by atoms with van der Waals surface area (Å²) in [6, 6.07) is 12.1. The van der Waals surface area contributed by atoms with Crippen molar-refractivity contribution in [2.75, 3.05) is 7.11 Å². The van der Waals surface area contributed by atoms with E-state index in [1.807, 2.05) is 31.2 Å². The van der Waals surface area contributed by atoms with Crippen molar-refractivity contribution in [1.82, 2.24) is 5.32 Å². The summed E-state index contributed by atoms with van der Waals surface area (Å²) in [5, 5.41) is 2.81. The second-order valence-electron chi connectivity index (χ2n) is 4.86. The van der Waals surface area contributed by atoms with Gasteiger partial charge in [-0.25, -0.2) is 4.39 Å². The number of carbonyl (C=O) groups excluding carboxylic acids is 1. The zero-order chi connectivity index (χ0) is 15.4. The van der Waals surface area contributed by atoms with Crippen LogP contribution in [-0.2, 0) is 4.79 Å². The van der Waals surface area contributed by atoms with Crippen LogP contribution in [0.5, 0.6) is 5.75 Å². The lowest BCUT2D eigenvalue weighted by Crippen LogP contribution is -2.23. The molecule has 0 aliphatic rings. The Kier molecular flexibility index (Phi) is 4.58. The lowest BCUT2D eigenvalue weighted by atomic mass is 10.00. The maximum absolute atomic E-state index is 14.0. The third-order valence-electron chi connectivity index (χ3n) is 3.31. The number of amides is 1. The number of methoxy groups -OCH3 is 1. The van der Waals surface area contributed by atoms with E-state index < -0.39 is 0 Å². The molecule has 0 aliphatic heterocycles. The lowest BCUT2D eigenvalue weighted by molar-refractivity contribution is -0.119. The summed E-state index contributed by atoms with van der Waals surface area (Å²) in [6.07, 6.45) is 0. The van der Waals surface area contributed by atoms with Crippen LogP contribution >= 0.6 is 0 Å². The molecule has 1 atom stereocenters. The van der Waals surface area contributed by atoms with Crippen LogP contribution in [0.2, 0.25) is 0 Å². The van der Waals surface area contributed by atoms with Crippen molar-refractivity contribution < 1.29 is 13.9 Å². The van der Waals surface area contributed by atoms with Crippen molar-refractivity contribution in [3.05, 3.63) is 53.8 Å². The van der Waals surface area contributed by atoms with Crippen LogP contribution in [0, 0.1) is 5.82 Å². The fourth-order valence-corrected chi connectivity index (χ4v) is 2.28. The first-order chi connectivity index (χ1) is 10.0. The van der Waals surface area contributed by atoms with E-state index in [-0.39, 0.29) is 17.8 Å². The number of ether oxygens (including phenoxy) is 1. The second kappa shape index (κ2) is 6.39. The van der Waals surface area contributed by atoms with Gasteiger partial charge in [-0.1, -0.05) is 30.3 Å². The van der Waals surface area contributed by atoms with Crippen molar-refractivity contribution in [1.29, 1.82) is 0 Å². The van der Waals surface area contributed by atoms with Gasteiger partial charge in [0.15, 0.2) is 0 Å². The summed E-state index contributed by atoms with van der Waals surface area (Å²) in [4.78, 5) is 11.1. The summed E-state index contributed by atoms with van der Waals surface area (Å²) in [7, 11) is 1.52. The average molecular weight is 287 g/mol. The molecule has 3 nitrogen and oxygen atoms in total. The summed E-state index contributed by atoms with van der Waals surface area (Å²) in [6.45, 7) is 3.38. The van der Waals surface area contributed by atoms with Crippen LogP contribution in [0.4, 0.5) is 4.39 Å². The van der Waals surface area contributed by atoms with Crippen LogP contribution in [0.15, 0.2) is 42.5 Å². The summed E-state index contributed by atoms with van der Waals surface area (Å²) >= 11 is 0. The predicted molar refractivity (Wildman–Crippen MR) is 80.6 cm³/mol. The Morgan fingerprint density at radius 1 is 1.19 bits per heavy atom. The Morgan fingerprint density at radius 2 is 1.86 bits per heavy atom. The molecular formula is C17H18FNO2. The molecule has 0 heterocycles. The number of hydrogen-bond acceptors (Lipinski definition) is 2. The number of hydrogen-bond donors (Lipinski definition) is 1. The first-order valence-corrected chi connectivity index (χ1v) is 6.73. The molecule has 2 aromatic carbocycles. The van der Waals surface area contributed by atoms with Crippen molar-refractivity contribution >= 4 is 5.91 Å². The van der Waals surface area contributed by atoms with Crippen molar-refractivity contribution in [3.63, 3.8) is 0 Å². The smallest absolute Gasteiger partial charge is 0.217 e. The normalized spacial score (nSPS) is 11.8. The van der Waals surface area contributed by atoms with E-state index in [1.165, 1.54) is 20.1 Å². The molecule has 0 bridgehead atoms. The van der Waals surface area contributed by atoms with E-state index in [0.717, 1.165) is 11.1 Å². The number of rotatable bonds is 4. The SMILES string of the molecule is COc1cccc(F)c1-c1ccc(C(C)NC(C)=O)cc1. The first-order valence-electron chi connectivity index (χ1n) is 6.73. The molecule has 1 N–H and O–H groups in total. The molecule has 0 aromatic heterocycles. The molecular weight excluding hydrogens is 269 g/mol. The maximum Gasteiger partial charge on any atom is 0.217 e. The van der Waals surface area contributed by atoms with Crippen molar-refractivity contribution in [3.8, 4) is 16.9 Å². The van der Waals surface area contributed by atoms with Crippen LogP contribution in [-0.4, -0.2) is 13.0 Å². The highest BCUT2D eigenvalue weighted by Gasteiger charge is 2.12. The fraction of sp³-hybridized carbons (Fsp3) is 0.235. The Hall–Kier alpha value is -2.36. The number of carbonyl (C=O) groups is 1. The minimum Gasteiger partial charge on any atom is -0.496 e. The Bertz CT molecular complexity index is 638. The topological polar surface area (TPSA) is 38.3 Å². The summed E-state index contributed by atoms with van der Waals surface area (Å²) in [5.74, 6) is 0.0945. The molecule has 4 heteroatoms. The van der Waals surface area contributed by atoms with Gasteiger partial charge < -0.3 is 10.1 Å². The first kappa shape index (κ1) is 15.0. The minimum absolute atomic E-state index is 0.0812. The zero-order valence-corrected chi connectivity index (χ0v) is 12.3. The van der Waals surface area contributed by atoms with E-state index in [1.54, 1.807) is 12.1 Å². The van der Waals surface area contributed by atoms with Gasteiger partial charge in [-0.15, -0.1) is 0 Å². The van der Waals surface area contributed by atoms with Gasteiger partial charge in [0.05, 0.1) is 18.7 Å². The summed E-state index contributed by atoms with van der Waals surface area (Å²) in [5.41, 5.74) is 2.15. The number of halogens is 1. The van der Waals surface area contributed by atoms with Gasteiger partial charge in [0.25, 0.3) is 0 Å². The lowest BCUT2D eigenvalue weighted by Gasteiger charge is -2.14. The average Bonchev–Trinajstić information content (AvgIpc) is 2.46. The van der Waals surface area contributed by atoms with Gasteiger partial charge in [-0.05, 0) is 30.2 Å². The van der Waals surface area contributed by atoms with Crippen LogP contribution in [0.1, 0.15) is 25.5 Å². The molecule has 0 radical (unpaired) electrons. The maximum atomic E-state index is 14.0. The van der Waals surface area contributed by atoms with Gasteiger partial charge in [0.2, 0.25) is 5.91 Å². The molecule has 1 amide bonds. The molecule has 2 aromatic rings. The zero-order valence-electron chi connectivity index (χ0n) is 12.3. The highest BCUT2D eigenvalue weighted by atomic mass is 19.1. The van der Waals surface area contributed by atoms with Gasteiger partial charge in [0.1, 0.15) is 11.6 Å². The molecule has 0 spiro atoms. The Balaban J connectivity index is 2.33. The molecule has 0 saturated heterocycles. The van der Waals surface area contributed by atoms with Crippen molar-refractivity contribution in [2.24, 2.45) is 0 Å². The minimum atomic E-state index is -0.322. The Labute approximate surface area is 123 Å². The van der Waals surface area contributed by atoms with Gasteiger partial charge >= 0.3 is 0 Å². The van der Waals surface area contributed by atoms with Gasteiger partial charge in [0, 0.05) is 6.92 Å². The molecule has 1 unspecified atom stereocenters. The molecule has 0 saturated carbocycles. The van der Waals surface area contributed by atoms with E-state index in [0.29, 0.717) is 11.3 Å². The van der Waals surface area contributed by atoms with Crippen LogP contribution in [0.3, 0.4) is 0 Å². The molecule has 0 aliphatic carbocycles. The van der Waals surface area contributed by atoms with E-state index in [4.69, 9.17) is 4.74 Å². The van der Waals surface area contributed by atoms with E-state index >= 15 is 0 Å². The van der Waals surface area contributed by atoms with Crippen molar-refractivity contribution in [2.45, 2.75) is 19.9 Å².